The average Bonchev–Trinajstić information content (AvgIpc) is 2.38. The van der Waals surface area contributed by atoms with E-state index in [0.717, 1.165) is 34.7 Å². The van der Waals surface area contributed by atoms with Gasteiger partial charge in [0.1, 0.15) is 5.75 Å². The Morgan fingerprint density at radius 3 is 2.56 bits per heavy atom. The molecule has 0 aliphatic rings. The molecule has 0 heterocycles. The first-order valence-electron chi connectivity index (χ1n) is 6.51. The summed E-state index contributed by atoms with van der Waals surface area (Å²) < 4.78 is 5.54. The molecule has 0 spiro atoms. The number of aryl methyl sites for hydroxylation is 1. The van der Waals surface area contributed by atoms with Crippen molar-refractivity contribution in [2.45, 2.75) is 46.5 Å². The van der Waals surface area contributed by atoms with Gasteiger partial charge in [-0.25, -0.2) is 0 Å². The summed E-state index contributed by atoms with van der Waals surface area (Å²) in [6.07, 6.45) is 6.42. The molecule has 0 amide bonds. The third-order valence-corrected chi connectivity index (χ3v) is 4.05. The van der Waals surface area contributed by atoms with Crippen molar-refractivity contribution in [2.24, 2.45) is 0 Å². The molecule has 0 aliphatic carbocycles. The van der Waals surface area contributed by atoms with E-state index < -0.39 is 0 Å². The number of methoxy groups -OCH3 is 1. The molecule has 0 radical (unpaired) electrons. The van der Waals surface area contributed by atoms with Crippen LogP contribution in [0.4, 0.5) is 0 Å². The normalized spacial score (nSPS) is 13.0. The molecule has 0 saturated carbocycles. The highest BCUT2D eigenvalue weighted by molar-refractivity contribution is 6.32. The Hall–Kier alpha value is -0.950. The number of hydrogen-bond donors (Lipinski definition) is 0. The van der Waals surface area contributed by atoms with Crippen LogP contribution in [0.3, 0.4) is 0 Å². The highest BCUT2D eigenvalue weighted by Crippen LogP contribution is 2.39. The first-order valence-corrected chi connectivity index (χ1v) is 6.89. The van der Waals surface area contributed by atoms with E-state index in [1.54, 1.807) is 7.11 Å². The van der Waals surface area contributed by atoms with Crippen molar-refractivity contribution in [3.63, 3.8) is 0 Å². The van der Waals surface area contributed by atoms with Crippen LogP contribution in [0.25, 0.3) is 0 Å². The van der Waals surface area contributed by atoms with Crippen LogP contribution in [0.2, 0.25) is 5.02 Å². The topological polar surface area (TPSA) is 9.23 Å². The Bertz CT molecular complexity index is 435. The van der Waals surface area contributed by atoms with Crippen molar-refractivity contribution in [3.05, 3.63) is 39.9 Å². The molecule has 1 atom stereocenters. The van der Waals surface area contributed by atoms with Crippen molar-refractivity contribution in [1.82, 2.24) is 0 Å². The van der Waals surface area contributed by atoms with Gasteiger partial charge in [0.15, 0.2) is 0 Å². The molecule has 1 aromatic rings. The summed E-state index contributed by atoms with van der Waals surface area (Å²) in [5, 5.41) is 0.865. The molecular weight excluding hydrogens is 244 g/mol. The van der Waals surface area contributed by atoms with Crippen molar-refractivity contribution < 1.29 is 4.74 Å². The van der Waals surface area contributed by atoms with Gasteiger partial charge in [-0.1, -0.05) is 30.7 Å². The first-order chi connectivity index (χ1) is 8.56. The van der Waals surface area contributed by atoms with E-state index in [2.05, 4.69) is 32.9 Å². The van der Waals surface area contributed by atoms with Gasteiger partial charge in [0, 0.05) is 10.6 Å². The van der Waals surface area contributed by atoms with Crippen LogP contribution in [0, 0.1) is 13.8 Å². The minimum absolute atomic E-state index is 0.467. The van der Waals surface area contributed by atoms with Crippen LogP contribution in [0.1, 0.15) is 49.3 Å². The number of rotatable bonds is 5. The SMILES string of the molecule is C/C=C\CC(CC)c1c(OC)cc(C)c(Cl)c1C. The van der Waals surface area contributed by atoms with Gasteiger partial charge < -0.3 is 4.74 Å². The molecular formula is C16H23ClO. The van der Waals surface area contributed by atoms with E-state index in [1.165, 1.54) is 5.56 Å². The quantitative estimate of drug-likeness (QED) is 0.646. The van der Waals surface area contributed by atoms with E-state index in [4.69, 9.17) is 16.3 Å². The zero-order valence-electron chi connectivity index (χ0n) is 12.0. The average molecular weight is 267 g/mol. The molecule has 0 aliphatic heterocycles. The molecule has 1 aromatic carbocycles. The van der Waals surface area contributed by atoms with Crippen molar-refractivity contribution in [1.29, 1.82) is 0 Å². The van der Waals surface area contributed by atoms with Gasteiger partial charge in [-0.3, -0.25) is 0 Å². The maximum atomic E-state index is 6.37. The number of halogens is 1. The lowest BCUT2D eigenvalue weighted by Gasteiger charge is -2.21. The predicted molar refractivity (Wildman–Crippen MR) is 79.9 cm³/mol. The zero-order valence-corrected chi connectivity index (χ0v) is 12.8. The zero-order chi connectivity index (χ0) is 13.7. The Balaban J connectivity index is 3.31. The first kappa shape index (κ1) is 15.1. The van der Waals surface area contributed by atoms with E-state index >= 15 is 0 Å². The number of ether oxygens (including phenoxy) is 1. The summed E-state index contributed by atoms with van der Waals surface area (Å²) in [4.78, 5) is 0. The fraction of sp³-hybridized carbons (Fsp3) is 0.500. The predicted octanol–water partition coefficient (Wildman–Crippen LogP) is 5.43. The molecule has 1 unspecified atom stereocenters. The summed E-state index contributed by atoms with van der Waals surface area (Å²) in [5.41, 5.74) is 3.49. The summed E-state index contributed by atoms with van der Waals surface area (Å²) >= 11 is 6.37. The Morgan fingerprint density at radius 1 is 1.39 bits per heavy atom. The summed E-state index contributed by atoms with van der Waals surface area (Å²) in [7, 11) is 1.73. The lowest BCUT2D eigenvalue weighted by Crippen LogP contribution is -2.04. The van der Waals surface area contributed by atoms with Crippen molar-refractivity contribution in [3.8, 4) is 5.75 Å². The Labute approximate surface area is 116 Å². The standard InChI is InChI=1S/C16H23ClO/c1-6-8-9-13(7-2)15-12(4)16(17)11(3)10-14(15)18-5/h6,8,10,13H,7,9H2,1-5H3/b8-6-. The fourth-order valence-electron chi connectivity index (χ4n) is 2.40. The van der Waals surface area contributed by atoms with E-state index in [0.29, 0.717) is 5.92 Å². The largest absolute Gasteiger partial charge is 0.496 e. The highest BCUT2D eigenvalue weighted by atomic mass is 35.5. The van der Waals surface area contributed by atoms with Crippen LogP contribution in [-0.2, 0) is 0 Å². The van der Waals surface area contributed by atoms with Gasteiger partial charge in [-0.2, -0.15) is 0 Å². The van der Waals surface area contributed by atoms with Crippen LogP contribution in [0.15, 0.2) is 18.2 Å². The minimum atomic E-state index is 0.467. The molecule has 0 fully saturated rings. The van der Waals surface area contributed by atoms with Gasteiger partial charge in [0.05, 0.1) is 7.11 Å². The number of allylic oxidation sites excluding steroid dienone is 2. The molecule has 1 rings (SSSR count). The van der Waals surface area contributed by atoms with Gasteiger partial charge in [-0.05, 0) is 56.7 Å². The lowest BCUT2D eigenvalue weighted by atomic mass is 9.88. The minimum Gasteiger partial charge on any atom is -0.496 e. The summed E-state index contributed by atoms with van der Waals surface area (Å²) in [5.74, 6) is 1.43. The second-order valence-corrected chi connectivity index (χ2v) is 5.04. The van der Waals surface area contributed by atoms with Crippen LogP contribution in [0.5, 0.6) is 5.75 Å². The fourth-order valence-corrected chi connectivity index (χ4v) is 2.56. The van der Waals surface area contributed by atoms with E-state index in [9.17, 15) is 0 Å². The molecule has 2 heteroatoms. The van der Waals surface area contributed by atoms with E-state index in [1.807, 2.05) is 13.0 Å². The smallest absolute Gasteiger partial charge is 0.122 e. The number of hydrogen-bond acceptors (Lipinski definition) is 1. The Morgan fingerprint density at radius 2 is 2.06 bits per heavy atom. The third-order valence-electron chi connectivity index (χ3n) is 3.47. The second kappa shape index (κ2) is 6.84. The van der Waals surface area contributed by atoms with Gasteiger partial charge in [0.2, 0.25) is 0 Å². The lowest BCUT2D eigenvalue weighted by molar-refractivity contribution is 0.403. The second-order valence-electron chi connectivity index (χ2n) is 4.66. The third kappa shape index (κ3) is 3.08. The molecule has 18 heavy (non-hydrogen) atoms. The summed E-state index contributed by atoms with van der Waals surface area (Å²) in [6.45, 7) is 8.37. The molecule has 1 nitrogen and oxygen atoms in total. The monoisotopic (exact) mass is 266 g/mol. The van der Waals surface area contributed by atoms with Crippen LogP contribution in [-0.4, -0.2) is 7.11 Å². The highest BCUT2D eigenvalue weighted by Gasteiger charge is 2.19. The molecule has 0 aromatic heterocycles. The number of benzene rings is 1. The molecule has 100 valence electrons. The maximum Gasteiger partial charge on any atom is 0.122 e. The van der Waals surface area contributed by atoms with Crippen molar-refractivity contribution >= 4 is 11.6 Å². The molecule has 0 bridgehead atoms. The van der Waals surface area contributed by atoms with Gasteiger partial charge in [0.25, 0.3) is 0 Å². The Kier molecular flexibility index (Phi) is 5.74. The van der Waals surface area contributed by atoms with Gasteiger partial charge in [-0.15, -0.1) is 0 Å². The van der Waals surface area contributed by atoms with Crippen molar-refractivity contribution in [2.75, 3.05) is 7.11 Å². The van der Waals surface area contributed by atoms with Crippen LogP contribution < -0.4 is 4.74 Å². The summed E-state index contributed by atoms with van der Waals surface area (Å²) in [6, 6.07) is 2.04. The van der Waals surface area contributed by atoms with Gasteiger partial charge >= 0.3 is 0 Å². The maximum absolute atomic E-state index is 6.37. The van der Waals surface area contributed by atoms with E-state index in [-0.39, 0.29) is 0 Å². The van der Waals surface area contributed by atoms with Crippen LogP contribution >= 0.6 is 11.6 Å². The molecule has 0 saturated heterocycles. The molecule has 0 N–H and O–H groups in total.